The molecule has 5 nitrogen and oxygen atoms in total. The van der Waals surface area contributed by atoms with Gasteiger partial charge in [-0.3, -0.25) is 0 Å². The average Bonchev–Trinajstić information content (AvgIpc) is 2.46. The Kier molecular flexibility index (Phi) is 4.55. The Morgan fingerprint density at radius 3 is 2.95 bits per heavy atom. The van der Waals surface area contributed by atoms with Crippen molar-refractivity contribution in [3.05, 3.63) is 42.2 Å². The van der Waals surface area contributed by atoms with Crippen LogP contribution in [0.15, 0.2) is 36.5 Å². The molecular formula is C14H18N4O. The summed E-state index contributed by atoms with van der Waals surface area (Å²) in [4.78, 5) is 0. The number of hydrogen-bond donors (Lipinski definition) is 2. The lowest BCUT2D eigenvalue weighted by Crippen LogP contribution is -2.04. The lowest BCUT2D eigenvalue weighted by Gasteiger charge is -2.11. The van der Waals surface area contributed by atoms with Crippen LogP contribution < -0.4 is 15.8 Å². The minimum atomic E-state index is 0.616. The van der Waals surface area contributed by atoms with E-state index in [4.69, 9.17) is 10.5 Å². The monoisotopic (exact) mass is 258 g/mol. The third-order valence-electron chi connectivity index (χ3n) is 2.58. The fourth-order valence-electron chi connectivity index (χ4n) is 1.60. The molecule has 0 saturated heterocycles. The summed E-state index contributed by atoms with van der Waals surface area (Å²) >= 11 is 0. The zero-order valence-electron chi connectivity index (χ0n) is 11.0. The van der Waals surface area contributed by atoms with Gasteiger partial charge in [-0.2, -0.15) is 10.2 Å². The van der Waals surface area contributed by atoms with Crippen LogP contribution in [0.25, 0.3) is 0 Å². The fourth-order valence-corrected chi connectivity index (χ4v) is 1.60. The highest BCUT2D eigenvalue weighted by atomic mass is 16.5. The third kappa shape index (κ3) is 3.84. The van der Waals surface area contributed by atoms with E-state index in [1.54, 1.807) is 6.20 Å². The standard InChI is InChI=1S/C14H18N4O/c1-2-8-19-14-9-11(5-6-13(14)15)16-10-12-4-3-7-17-18-12/h3-7,9,16H,2,8,10,15H2,1H3. The van der Waals surface area contributed by atoms with Crippen LogP contribution in [0.2, 0.25) is 0 Å². The number of nitrogen functional groups attached to an aromatic ring is 1. The van der Waals surface area contributed by atoms with Crippen molar-refractivity contribution in [3.63, 3.8) is 0 Å². The van der Waals surface area contributed by atoms with Gasteiger partial charge in [0.25, 0.3) is 0 Å². The van der Waals surface area contributed by atoms with Gasteiger partial charge in [0, 0.05) is 18.0 Å². The summed E-state index contributed by atoms with van der Waals surface area (Å²) in [6.45, 7) is 3.34. The van der Waals surface area contributed by atoms with Crippen LogP contribution in [0.4, 0.5) is 11.4 Å². The van der Waals surface area contributed by atoms with E-state index in [-0.39, 0.29) is 0 Å². The Bertz CT molecular complexity index is 516. The Morgan fingerprint density at radius 2 is 2.21 bits per heavy atom. The number of benzene rings is 1. The van der Waals surface area contributed by atoms with Crippen molar-refractivity contribution in [1.82, 2.24) is 10.2 Å². The molecule has 0 bridgehead atoms. The largest absolute Gasteiger partial charge is 0.491 e. The summed E-state index contributed by atoms with van der Waals surface area (Å²) < 4.78 is 5.59. The number of nitrogens with two attached hydrogens (primary N) is 1. The molecule has 0 radical (unpaired) electrons. The minimum Gasteiger partial charge on any atom is -0.491 e. The molecule has 1 aromatic heterocycles. The summed E-state index contributed by atoms with van der Waals surface area (Å²) in [5.74, 6) is 0.714. The van der Waals surface area contributed by atoms with Gasteiger partial charge in [0.15, 0.2) is 0 Å². The Morgan fingerprint density at radius 1 is 1.32 bits per heavy atom. The molecule has 0 saturated carbocycles. The number of nitrogens with zero attached hydrogens (tertiary/aromatic N) is 2. The molecule has 0 aliphatic heterocycles. The number of rotatable bonds is 6. The summed E-state index contributed by atoms with van der Waals surface area (Å²) in [5.41, 5.74) is 8.35. The van der Waals surface area contributed by atoms with Gasteiger partial charge in [0.2, 0.25) is 0 Å². The highest BCUT2D eigenvalue weighted by Gasteiger charge is 2.02. The van der Waals surface area contributed by atoms with Gasteiger partial charge in [-0.05, 0) is 30.7 Å². The summed E-state index contributed by atoms with van der Waals surface area (Å²) in [6.07, 6.45) is 2.61. The number of nitrogens with one attached hydrogen (secondary N) is 1. The topological polar surface area (TPSA) is 73.1 Å². The molecule has 1 heterocycles. The number of ether oxygens (including phenoxy) is 1. The number of anilines is 2. The molecule has 19 heavy (non-hydrogen) atoms. The van der Waals surface area contributed by atoms with Crippen molar-refractivity contribution >= 4 is 11.4 Å². The van der Waals surface area contributed by atoms with Crippen molar-refractivity contribution in [2.75, 3.05) is 17.7 Å². The molecule has 3 N–H and O–H groups in total. The molecule has 2 rings (SSSR count). The van der Waals surface area contributed by atoms with Crippen LogP contribution in [0, 0.1) is 0 Å². The predicted octanol–water partition coefficient (Wildman–Crippen LogP) is 2.46. The lowest BCUT2D eigenvalue weighted by molar-refractivity contribution is 0.319. The van der Waals surface area contributed by atoms with Crippen molar-refractivity contribution in [2.24, 2.45) is 0 Å². The van der Waals surface area contributed by atoms with Crippen molar-refractivity contribution in [3.8, 4) is 5.75 Å². The minimum absolute atomic E-state index is 0.616. The molecule has 0 atom stereocenters. The molecular weight excluding hydrogens is 240 g/mol. The van der Waals surface area contributed by atoms with E-state index >= 15 is 0 Å². The van der Waals surface area contributed by atoms with E-state index < -0.39 is 0 Å². The quantitative estimate of drug-likeness (QED) is 0.779. The maximum atomic E-state index is 5.86. The molecule has 1 aromatic carbocycles. The first-order chi connectivity index (χ1) is 9.29. The maximum Gasteiger partial charge on any atom is 0.144 e. The molecule has 2 aromatic rings. The summed E-state index contributed by atoms with van der Waals surface area (Å²) in [6, 6.07) is 9.45. The second-order valence-electron chi connectivity index (χ2n) is 4.17. The fraction of sp³-hybridized carbons (Fsp3) is 0.286. The van der Waals surface area contributed by atoms with E-state index in [0.29, 0.717) is 24.6 Å². The zero-order valence-corrected chi connectivity index (χ0v) is 11.0. The van der Waals surface area contributed by atoms with E-state index in [0.717, 1.165) is 17.8 Å². The van der Waals surface area contributed by atoms with E-state index in [2.05, 4.69) is 22.4 Å². The van der Waals surface area contributed by atoms with Crippen LogP contribution in [0.1, 0.15) is 19.0 Å². The van der Waals surface area contributed by atoms with E-state index in [1.807, 2.05) is 30.3 Å². The van der Waals surface area contributed by atoms with Gasteiger partial charge >= 0.3 is 0 Å². The molecule has 0 aliphatic carbocycles. The van der Waals surface area contributed by atoms with Crippen molar-refractivity contribution in [1.29, 1.82) is 0 Å². The normalized spacial score (nSPS) is 10.2. The molecule has 100 valence electrons. The maximum absolute atomic E-state index is 5.86. The Balaban J connectivity index is 2.00. The first kappa shape index (κ1) is 13.1. The van der Waals surface area contributed by atoms with Gasteiger partial charge < -0.3 is 15.8 Å². The average molecular weight is 258 g/mol. The van der Waals surface area contributed by atoms with Gasteiger partial charge in [-0.1, -0.05) is 6.92 Å². The second-order valence-corrected chi connectivity index (χ2v) is 4.17. The molecule has 0 fully saturated rings. The Hall–Kier alpha value is -2.30. The van der Waals surface area contributed by atoms with Gasteiger partial charge in [0.1, 0.15) is 5.75 Å². The van der Waals surface area contributed by atoms with Gasteiger partial charge in [-0.15, -0.1) is 0 Å². The van der Waals surface area contributed by atoms with Gasteiger partial charge in [0.05, 0.1) is 24.5 Å². The van der Waals surface area contributed by atoms with Crippen LogP contribution in [-0.2, 0) is 6.54 Å². The van der Waals surface area contributed by atoms with E-state index in [9.17, 15) is 0 Å². The second kappa shape index (κ2) is 6.58. The molecule has 0 aliphatic rings. The van der Waals surface area contributed by atoms with E-state index in [1.165, 1.54) is 0 Å². The first-order valence-electron chi connectivity index (χ1n) is 6.32. The number of hydrogen-bond acceptors (Lipinski definition) is 5. The van der Waals surface area contributed by atoms with Crippen molar-refractivity contribution in [2.45, 2.75) is 19.9 Å². The van der Waals surface area contributed by atoms with Crippen LogP contribution >= 0.6 is 0 Å². The van der Waals surface area contributed by atoms with Crippen LogP contribution in [0.3, 0.4) is 0 Å². The smallest absolute Gasteiger partial charge is 0.144 e. The third-order valence-corrected chi connectivity index (χ3v) is 2.58. The van der Waals surface area contributed by atoms with Crippen LogP contribution in [-0.4, -0.2) is 16.8 Å². The van der Waals surface area contributed by atoms with Gasteiger partial charge in [-0.25, -0.2) is 0 Å². The lowest BCUT2D eigenvalue weighted by atomic mass is 10.2. The summed E-state index contributed by atoms with van der Waals surface area (Å²) in [7, 11) is 0. The predicted molar refractivity (Wildman–Crippen MR) is 76.0 cm³/mol. The highest BCUT2D eigenvalue weighted by molar-refractivity contribution is 5.61. The molecule has 0 unspecified atom stereocenters. The SMILES string of the molecule is CCCOc1cc(NCc2cccnn2)ccc1N. The Labute approximate surface area is 112 Å². The molecule has 0 spiro atoms. The molecule has 5 heteroatoms. The number of aromatic nitrogens is 2. The highest BCUT2D eigenvalue weighted by Crippen LogP contribution is 2.25. The van der Waals surface area contributed by atoms with Crippen LogP contribution in [0.5, 0.6) is 5.75 Å². The van der Waals surface area contributed by atoms with Crippen molar-refractivity contribution < 1.29 is 4.74 Å². The first-order valence-corrected chi connectivity index (χ1v) is 6.32. The zero-order chi connectivity index (χ0) is 13.5. The molecule has 0 amide bonds. The summed E-state index contributed by atoms with van der Waals surface area (Å²) in [5, 5.41) is 11.1.